The number of nitrogens with one attached hydrogen (secondary N) is 1. The number of benzene rings is 2. The van der Waals surface area contributed by atoms with Crippen molar-refractivity contribution in [2.45, 2.75) is 49.0 Å². The van der Waals surface area contributed by atoms with E-state index < -0.39 is 18.2 Å². The second kappa shape index (κ2) is 11.2. The standard InChI is InChI=1S/C25H33N3O4S/c1-2-33-19-9-7-17(8-10-19)24(25(26)30)28-13-11-18(12-14-28)27-15-20(29)23-16-31-21-5-3-4-6-22(21)32-23/h3-10,18,20,23-24,27,29H,2,11-16H2,1H3,(H2,26,30). The summed E-state index contributed by atoms with van der Waals surface area (Å²) in [4.78, 5) is 15.6. The molecule has 8 heteroatoms. The molecule has 0 aromatic heterocycles. The first-order valence-electron chi connectivity index (χ1n) is 11.6. The van der Waals surface area contributed by atoms with E-state index in [1.54, 1.807) is 11.8 Å². The van der Waals surface area contributed by atoms with Gasteiger partial charge >= 0.3 is 0 Å². The zero-order chi connectivity index (χ0) is 23.2. The van der Waals surface area contributed by atoms with E-state index in [0.717, 1.165) is 37.2 Å². The van der Waals surface area contributed by atoms with Gasteiger partial charge in [-0.1, -0.05) is 31.2 Å². The molecule has 0 bridgehead atoms. The first-order valence-corrected chi connectivity index (χ1v) is 12.6. The van der Waals surface area contributed by atoms with Gasteiger partial charge in [-0.3, -0.25) is 9.69 Å². The Morgan fingerprint density at radius 2 is 1.88 bits per heavy atom. The quantitative estimate of drug-likeness (QED) is 0.484. The van der Waals surface area contributed by atoms with Crippen molar-refractivity contribution in [2.75, 3.05) is 32.0 Å². The number of nitrogens with two attached hydrogens (primary N) is 1. The second-order valence-corrected chi connectivity index (χ2v) is 9.84. The van der Waals surface area contributed by atoms with E-state index in [1.807, 2.05) is 36.4 Å². The Hall–Kier alpha value is -2.26. The van der Waals surface area contributed by atoms with Crippen LogP contribution in [0, 0.1) is 0 Å². The van der Waals surface area contributed by atoms with Gasteiger partial charge in [-0.05, 0) is 48.4 Å². The van der Waals surface area contributed by atoms with Gasteiger partial charge in [0.15, 0.2) is 17.6 Å². The predicted octanol–water partition coefficient (Wildman–Crippen LogP) is 2.58. The summed E-state index contributed by atoms with van der Waals surface area (Å²) in [5.41, 5.74) is 6.73. The van der Waals surface area contributed by atoms with Crippen molar-refractivity contribution < 1.29 is 19.4 Å². The molecule has 1 amide bonds. The molecular formula is C25H33N3O4S. The second-order valence-electron chi connectivity index (χ2n) is 8.51. The zero-order valence-electron chi connectivity index (χ0n) is 19.0. The average Bonchev–Trinajstić information content (AvgIpc) is 2.84. The molecule has 2 aliphatic heterocycles. The van der Waals surface area contributed by atoms with E-state index in [4.69, 9.17) is 15.2 Å². The molecule has 2 aromatic carbocycles. The molecule has 1 fully saturated rings. The smallest absolute Gasteiger partial charge is 0.239 e. The Morgan fingerprint density at radius 3 is 2.55 bits per heavy atom. The van der Waals surface area contributed by atoms with Crippen molar-refractivity contribution in [1.82, 2.24) is 10.2 Å². The number of primary amides is 1. The van der Waals surface area contributed by atoms with E-state index in [1.165, 1.54) is 4.90 Å². The molecule has 2 aromatic rings. The summed E-state index contributed by atoms with van der Waals surface area (Å²) >= 11 is 1.78. The minimum Gasteiger partial charge on any atom is -0.486 e. The zero-order valence-corrected chi connectivity index (χ0v) is 19.8. The number of amides is 1. The lowest BCUT2D eigenvalue weighted by molar-refractivity contribution is -0.124. The minimum atomic E-state index is -0.672. The number of hydrogen-bond donors (Lipinski definition) is 3. The van der Waals surface area contributed by atoms with Crippen LogP contribution in [0.3, 0.4) is 0 Å². The van der Waals surface area contributed by atoms with Gasteiger partial charge in [0.2, 0.25) is 5.91 Å². The maximum atomic E-state index is 12.3. The van der Waals surface area contributed by atoms with Gasteiger partial charge in [0, 0.05) is 30.6 Å². The molecule has 0 saturated carbocycles. The molecule has 0 radical (unpaired) electrons. The SMILES string of the molecule is CCSc1ccc(C(C(N)=O)N2CCC(NCC(O)C3COc4ccccc4O3)CC2)cc1. The number of aliphatic hydroxyl groups is 1. The average molecular weight is 472 g/mol. The van der Waals surface area contributed by atoms with E-state index in [0.29, 0.717) is 24.7 Å². The first kappa shape index (κ1) is 23.9. The topological polar surface area (TPSA) is 97.1 Å². The molecule has 178 valence electrons. The third-order valence-electron chi connectivity index (χ3n) is 6.25. The van der Waals surface area contributed by atoms with Crippen molar-refractivity contribution in [3.05, 3.63) is 54.1 Å². The molecule has 33 heavy (non-hydrogen) atoms. The van der Waals surface area contributed by atoms with E-state index in [9.17, 15) is 9.90 Å². The number of aliphatic hydroxyl groups excluding tert-OH is 1. The molecule has 2 heterocycles. The Kier molecular flexibility index (Phi) is 8.14. The van der Waals surface area contributed by atoms with Crippen LogP contribution in [0.4, 0.5) is 0 Å². The number of carbonyl (C=O) groups is 1. The highest BCUT2D eigenvalue weighted by molar-refractivity contribution is 7.99. The van der Waals surface area contributed by atoms with Gasteiger partial charge in [-0.25, -0.2) is 0 Å². The maximum Gasteiger partial charge on any atom is 0.239 e. The normalized spacial score (nSPS) is 20.8. The number of carbonyl (C=O) groups excluding carboxylic acids is 1. The van der Waals surface area contributed by atoms with Gasteiger partial charge in [-0.15, -0.1) is 11.8 Å². The monoisotopic (exact) mass is 471 g/mol. The summed E-state index contributed by atoms with van der Waals surface area (Å²) in [6.45, 7) is 4.41. The highest BCUT2D eigenvalue weighted by Crippen LogP contribution is 2.32. The van der Waals surface area contributed by atoms with Crippen molar-refractivity contribution in [2.24, 2.45) is 5.73 Å². The highest BCUT2D eigenvalue weighted by atomic mass is 32.2. The molecular weight excluding hydrogens is 438 g/mol. The van der Waals surface area contributed by atoms with Gasteiger partial charge in [0.05, 0.1) is 0 Å². The number of likely N-dealkylation sites (tertiary alicyclic amines) is 1. The first-order chi connectivity index (χ1) is 16.0. The number of para-hydroxylation sites is 2. The summed E-state index contributed by atoms with van der Waals surface area (Å²) in [7, 11) is 0. The van der Waals surface area contributed by atoms with E-state index in [2.05, 4.69) is 29.3 Å². The Bertz CT molecular complexity index is 918. The van der Waals surface area contributed by atoms with Crippen molar-refractivity contribution in [1.29, 1.82) is 0 Å². The van der Waals surface area contributed by atoms with Crippen LogP contribution < -0.4 is 20.5 Å². The molecule has 0 aliphatic carbocycles. The van der Waals surface area contributed by atoms with Crippen LogP contribution in [-0.4, -0.2) is 66.2 Å². The minimum absolute atomic E-state index is 0.268. The fraction of sp³-hybridized carbons (Fsp3) is 0.480. The molecule has 1 saturated heterocycles. The van der Waals surface area contributed by atoms with Crippen LogP contribution >= 0.6 is 11.8 Å². The van der Waals surface area contributed by atoms with Gasteiger partial charge in [0.1, 0.15) is 18.8 Å². The Morgan fingerprint density at radius 1 is 1.18 bits per heavy atom. The number of fused-ring (bicyclic) bond motifs is 1. The Balaban J connectivity index is 1.26. The highest BCUT2D eigenvalue weighted by Gasteiger charge is 2.31. The predicted molar refractivity (Wildman–Crippen MR) is 130 cm³/mol. The van der Waals surface area contributed by atoms with E-state index in [-0.39, 0.29) is 11.9 Å². The van der Waals surface area contributed by atoms with Crippen LogP contribution in [0.2, 0.25) is 0 Å². The number of piperidine rings is 1. The summed E-state index contributed by atoms with van der Waals surface area (Å²) in [6, 6.07) is 15.5. The Labute approximate surface area is 199 Å². The number of hydrogen-bond acceptors (Lipinski definition) is 7. The molecule has 3 unspecified atom stereocenters. The molecule has 2 aliphatic rings. The lowest BCUT2D eigenvalue weighted by Crippen LogP contribution is -2.50. The van der Waals surface area contributed by atoms with Crippen LogP contribution in [-0.2, 0) is 4.79 Å². The largest absolute Gasteiger partial charge is 0.486 e. The van der Waals surface area contributed by atoms with Crippen LogP contribution in [0.15, 0.2) is 53.4 Å². The van der Waals surface area contributed by atoms with Crippen LogP contribution in [0.5, 0.6) is 11.5 Å². The number of rotatable bonds is 9. The van der Waals surface area contributed by atoms with Crippen molar-refractivity contribution in [3.63, 3.8) is 0 Å². The third-order valence-corrected chi connectivity index (χ3v) is 7.14. The van der Waals surface area contributed by atoms with Crippen molar-refractivity contribution in [3.8, 4) is 11.5 Å². The van der Waals surface area contributed by atoms with Crippen molar-refractivity contribution >= 4 is 17.7 Å². The van der Waals surface area contributed by atoms with Crippen LogP contribution in [0.25, 0.3) is 0 Å². The maximum absolute atomic E-state index is 12.3. The molecule has 0 spiro atoms. The number of nitrogens with zero attached hydrogens (tertiary/aromatic N) is 1. The third kappa shape index (κ3) is 6.00. The van der Waals surface area contributed by atoms with Crippen LogP contribution in [0.1, 0.15) is 31.4 Å². The summed E-state index contributed by atoms with van der Waals surface area (Å²) < 4.78 is 11.6. The van der Waals surface area contributed by atoms with E-state index >= 15 is 0 Å². The summed E-state index contributed by atoms with van der Waals surface area (Å²) in [6.07, 6.45) is 0.686. The summed E-state index contributed by atoms with van der Waals surface area (Å²) in [5.74, 6) is 2.08. The van der Waals surface area contributed by atoms with Gasteiger partial charge in [-0.2, -0.15) is 0 Å². The lowest BCUT2D eigenvalue weighted by Gasteiger charge is -2.37. The molecule has 3 atom stereocenters. The molecule has 4 rings (SSSR count). The van der Waals surface area contributed by atoms with Gasteiger partial charge in [0.25, 0.3) is 0 Å². The summed E-state index contributed by atoms with van der Waals surface area (Å²) in [5, 5.41) is 14.1. The number of ether oxygens (including phenoxy) is 2. The molecule has 4 N–H and O–H groups in total. The lowest BCUT2D eigenvalue weighted by atomic mass is 9.98. The fourth-order valence-corrected chi connectivity index (χ4v) is 5.14. The van der Waals surface area contributed by atoms with Gasteiger partial charge < -0.3 is 25.6 Å². The molecule has 7 nitrogen and oxygen atoms in total. The fourth-order valence-electron chi connectivity index (χ4n) is 4.47. The number of thioether (sulfide) groups is 1.